The molecule has 0 bridgehead atoms. The van der Waals surface area contributed by atoms with Crippen LogP contribution in [0.5, 0.6) is 0 Å². The Morgan fingerprint density at radius 2 is 1.74 bits per heavy atom. The van der Waals surface area contributed by atoms with Crippen molar-refractivity contribution in [1.82, 2.24) is 15.3 Å². The summed E-state index contributed by atoms with van der Waals surface area (Å²) in [6.45, 7) is 0. The number of hydrogen-bond acceptors (Lipinski definition) is 4. The molecule has 4 rings (SSSR count). The molecule has 0 atom stereocenters. The molecule has 1 heterocycles. The van der Waals surface area contributed by atoms with Crippen molar-refractivity contribution in [1.29, 1.82) is 0 Å². The van der Waals surface area contributed by atoms with Crippen LogP contribution in [-0.4, -0.2) is 21.9 Å². The second-order valence-electron chi connectivity index (χ2n) is 6.33. The maximum atomic E-state index is 13.5. The van der Waals surface area contributed by atoms with Gasteiger partial charge in [0, 0.05) is 29.4 Å². The fraction of sp³-hybridized carbons (Fsp3) is 0.150. The van der Waals surface area contributed by atoms with Crippen molar-refractivity contribution in [3.05, 3.63) is 71.9 Å². The van der Waals surface area contributed by atoms with E-state index in [1.807, 2.05) is 30.3 Å². The first-order chi connectivity index (χ1) is 13.1. The SMILES string of the molecule is O=C(NC1CC1)c1cc(Nc2ccc(F)c(F)c2)nc(-c2ccccc2)n1. The van der Waals surface area contributed by atoms with Gasteiger partial charge in [0.15, 0.2) is 17.5 Å². The number of nitrogens with one attached hydrogen (secondary N) is 2. The van der Waals surface area contributed by atoms with E-state index >= 15 is 0 Å². The Bertz CT molecular complexity index is 991. The summed E-state index contributed by atoms with van der Waals surface area (Å²) in [5, 5.41) is 5.80. The quantitative estimate of drug-likeness (QED) is 0.715. The third-order valence-electron chi connectivity index (χ3n) is 4.10. The number of carbonyl (C=O) groups excluding carboxylic acids is 1. The molecule has 136 valence electrons. The zero-order valence-electron chi connectivity index (χ0n) is 14.2. The lowest BCUT2D eigenvalue weighted by Crippen LogP contribution is -2.26. The first-order valence-corrected chi connectivity index (χ1v) is 8.56. The lowest BCUT2D eigenvalue weighted by Gasteiger charge is -2.11. The minimum atomic E-state index is -0.968. The predicted molar refractivity (Wildman–Crippen MR) is 97.6 cm³/mol. The molecule has 1 amide bonds. The molecule has 0 saturated heterocycles. The van der Waals surface area contributed by atoms with Gasteiger partial charge in [-0.3, -0.25) is 4.79 Å². The molecule has 0 unspecified atom stereocenters. The molecule has 27 heavy (non-hydrogen) atoms. The maximum absolute atomic E-state index is 13.5. The van der Waals surface area contributed by atoms with Crippen molar-refractivity contribution in [2.24, 2.45) is 0 Å². The van der Waals surface area contributed by atoms with Crippen LogP contribution in [-0.2, 0) is 0 Å². The van der Waals surface area contributed by atoms with Gasteiger partial charge in [0.25, 0.3) is 5.91 Å². The van der Waals surface area contributed by atoms with Gasteiger partial charge in [-0.25, -0.2) is 18.7 Å². The monoisotopic (exact) mass is 366 g/mol. The second kappa shape index (κ2) is 7.11. The van der Waals surface area contributed by atoms with E-state index in [-0.39, 0.29) is 17.6 Å². The van der Waals surface area contributed by atoms with Gasteiger partial charge < -0.3 is 10.6 Å². The molecule has 7 heteroatoms. The van der Waals surface area contributed by atoms with Crippen LogP contribution in [0, 0.1) is 11.6 Å². The fourth-order valence-corrected chi connectivity index (χ4v) is 2.55. The molecule has 0 aliphatic heterocycles. The van der Waals surface area contributed by atoms with Crippen LogP contribution in [0.3, 0.4) is 0 Å². The Hall–Kier alpha value is -3.35. The molecule has 3 aromatic rings. The minimum absolute atomic E-state index is 0.190. The first kappa shape index (κ1) is 17.1. The smallest absolute Gasteiger partial charge is 0.270 e. The van der Waals surface area contributed by atoms with E-state index in [1.54, 1.807) is 0 Å². The van der Waals surface area contributed by atoms with Crippen LogP contribution in [0.2, 0.25) is 0 Å². The summed E-state index contributed by atoms with van der Waals surface area (Å²) in [7, 11) is 0. The van der Waals surface area contributed by atoms with Crippen LogP contribution in [0.15, 0.2) is 54.6 Å². The van der Waals surface area contributed by atoms with E-state index in [0.717, 1.165) is 30.5 Å². The van der Waals surface area contributed by atoms with Gasteiger partial charge in [-0.15, -0.1) is 0 Å². The maximum Gasteiger partial charge on any atom is 0.270 e. The van der Waals surface area contributed by atoms with Gasteiger partial charge in [-0.1, -0.05) is 30.3 Å². The number of aromatic nitrogens is 2. The largest absolute Gasteiger partial charge is 0.348 e. The summed E-state index contributed by atoms with van der Waals surface area (Å²) >= 11 is 0. The molecule has 1 saturated carbocycles. The zero-order chi connectivity index (χ0) is 18.8. The van der Waals surface area contributed by atoms with Gasteiger partial charge in [0.1, 0.15) is 11.5 Å². The average molecular weight is 366 g/mol. The molecule has 1 aliphatic carbocycles. The van der Waals surface area contributed by atoms with Gasteiger partial charge in [-0.2, -0.15) is 0 Å². The van der Waals surface area contributed by atoms with E-state index in [1.165, 1.54) is 12.1 Å². The molecular weight excluding hydrogens is 350 g/mol. The molecule has 5 nitrogen and oxygen atoms in total. The Morgan fingerprint density at radius 3 is 2.44 bits per heavy atom. The molecule has 1 aromatic heterocycles. The summed E-state index contributed by atoms with van der Waals surface area (Å²) in [5.74, 6) is -1.51. The highest BCUT2D eigenvalue weighted by Gasteiger charge is 2.25. The van der Waals surface area contributed by atoms with Crippen LogP contribution in [0.4, 0.5) is 20.3 Å². The molecular formula is C20H16F2N4O. The Kier molecular flexibility index (Phi) is 4.50. The van der Waals surface area contributed by atoms with Crippen LogP contribution in [0.1, 0.15) is 23.3 Å². The summed E-state index contributed by atoms with van der Waals surface area (Å²) in [4.78, 5) is 21.2. The highest BCUT2D eigenvalue weighted by Crippen LogP contribution is 2.23. The van der Waals surface area contributed by atoms with E-state index in [2.05, 4.69) is 20.6 Å². The van der Waals surface area contributed by atoms with E-state index in [4.69, 9.17) is 0 Å². The Balaban J connectivity index is 1.70. The van der Waals surface area contributed by atoms with Crippen molar-refractivity contribution < 1.29 is 13.6 Å². The van der Waals surface area contributed by atoms with E-state index in [0.29, 0.717) is 17.3 Å². The number of rotatable bonds is 5. The van der Waals surface area contributed by atoms with E-state index < -0.39 is 11.6 Å². The summed E-state index contributed by atoms with van der Waals surface area (Å²) in [5.41, 5.74) is 1.27. The van der Waals surface area contributed by atoms with Crippen LogP contribution < -0.4 is 10.6 Å². The molecule has 2 N–H and O–H groups in total. The summed E-state index contributed by atoms with van der Waals surface area (Å²) < 4.78 is 26.6. The lowest BCUT2D eigenvalue weighted by atomic mass is 10.2. The van der Waals surface area contributed by atoms with Crippen molar-refractivity contribution >= 4 is 17.4 Å². The number of carbonyl (C=O) groups is 1. The molecule has 0 spiro atoms. The topological polar surface area (TPSA) is 66.9 Å². The first-order valence-electron chi connectivity index (χ1n) is 8.56. The molecule has 2 aromatic carbocycles. The fourth-order valence-electron chi connectivity index (χ4n) is 2.55. The zero-order valence-corrected chi connectivity index (χ0v) is 14.2. The third kappa shape index (κ3) is 4.08. The Labute approximate surface area is 154 Å². The van der Waals surface area contributed by atoms with Crippen molar-refractivity contribution in [3.63, 3.8) is 0 Å². The lowest BCUT2D eigenvalue weighted by molar-refractivity contribution is 0.0946. The minimum Gasteiger partial charge on any atom is -0.348 e. The highest BCUT2D eigenvalue weighted by atomic mass is 19.2. The molecule has 1 fully saturated rings. The van der Waals surface area contributed by atoms with Crippen molar-refractivity contribution in [2.75, 3.05) is 5.32 Å². The van der Waals surface area contributed by atoms with Gasteiger partial charge in [0.2, 0.25) is 0 Å². The van der Waals surface area contributed by atoms with Crippen molar-refractivity contribution in [3.8, 4) is 11.4 Å². The predicted octanol–water partition coefficient (Wildman–Crippen LogP) is 4.06. The second-order valence-corrected chi connectivity index (χ2v) is 6.33. The number of anilines is 2. The van der Waals surface area contributed by atoms with Crippen LogP contribution >= 0.6 is 0 Å². The summed E-state index contributed by atoms with van der Waals surface area (Å²) in [6, 6.07) is 14.4. The van der Waals surface area contributed by atoms with Gasteiger partial charge in [0.05, 0.1) is 0 Å². The number of amides is 1. The van der Waals surface area contributed by atoms with Crippen molar-refractivity contribution in [2.45, 2.75) is 18.9 Å². The van der Waals surface area contributed by atoms with Crippen LogP contribution in [0.25, 0.3) is 11.4 Å². The average Bonchev–Trinajstić information content (AvgIpc) is 3.49. The van der Waals surface area contributed by atoms with Gasteiger partial charge >= 0.3 is 0 Å². The summed E-state index contributed by atoms with van der Waals surface area (Å²) in [6.07, 6.45) is 1.92. The highest BCUT2D eigenvalue weighted by molar-refractivity contribution is 5.94. The molecule has 1 aliphatic rings. The normalized spacial score (nSPS) is 13.3. The number of halogens is 2. The van der Waals surface area contributed by atoms with E-state index in [9.17, 15) is 13.6 Å². The number of benzene rings is 2. The standard InChI is InChI=1S/C20H16F2N4O/c21-15-9-8-14(10-16(15)22)23-18-11-17(20(27)24-13-6-7-13)25-19(26-18)12-4-2-1-3-5-12/h1-5,8-11,13H,6-7H2,(H,24,27)(H,23,25,26). The van der Waals surface area contributed by atoms with Gasteiger partial charge in [-0.05, 0) is 25.0 Å². The third-order valence-corrected chi connectivity index (χ3v) is 4.10. The number of nitrogens with zero attached hydrogens (tertiary/aromatic N) is 2. The Morgan fingerprint density at radius 1 is 0.963 bits per heavy atom. The number of hydrogen-bond donors (Lipinski definition) is 2. The molecule has 0 radical (unpaired) electrons.